The molecule has 2 N–H and O–H groups in total. The maximum absolute atomic E-state index is 8.80. The molecule has 0 bridgehead atoms. The Morgan fingerprint density at radius 3 is 2.71 bits per heavy atom. The van der Waals surface area contributed by atoms with Gasteiger partial charge in [0.15, 0.2) is 0 Å². The molecule has 0 aliphatic carbocycles. The summed E-state index contributed by atoms with van der Waals surface area (Å²) >= 11 is 0. The van der Waals surface area contributed by atoms with Crippen LogP contribution < -0.4 is 5.73 Å². The summed E-state index contributed by atoms with van der Waals surface area (Å²) in [7, 11) is 0. The summed E-state index contributed by atoms with van der Waals surface area (Å²) in [6.07, 6.45) is 3.32. The predicted octanol–water partition coefficient (Wildman–Crippen LogP) is 2.79. The zero-order chi connectivity index (χ0) is 10.6. The average Bonchev–Trinajstić information content (AvgIpc) is 2.20. The molecule has 0 amide bonds. The number of aryl methyl sites for hydroxylation is 1. The summed E-state index contributed by atoms with van der Waals surface area (Å²) in [6, 6.07) is 5.97. The van der Waals surface area contributed by atoms with Gasteiger partial charge in [-0.3, -0.25) is 0 Å². The number of nitriles is 1. The molecule has 0 unspecified atom stereocenters. The van der Waals surface area contributed by atoms with Crippen LogP contribution in [0.25, 0.3) is 0 Å². The molecular weight excluding hydrogens is 172 g/mol. The van der Waals surface area contributed by atoms with Crippen molar-refractivity contribution >= 4 is 5.69 Å². The fraction of sp³-hybridized carbons (Fsp3) is 0.417. The molecule has 2 nitrogen and oxygen atoms in total. The Morgan fingerprint density at radius 2 is 2.14 bits per heavy atom. The van der Waals surface area contributed by atoms with Crippen molar-refractivity contribution in [3.8, 4) is 6.07 Å². The fourth-order valence-corrected chi connectivity index (χ4v) is 1.49. The number of unbranched alkanes of at least 4 members (excludes halogenated alkanes) is 1. The highest BCUT2D eigenvalue weighted by atomic mass is 14.6. The number of nitrogens with two attached hydrogens (primary N) is 1. The summed E-state index contributed by atoms with van der Waals surface area (Å²) in [5, 5.41) is 8.80. The van der Waals surface area contributed by atoms with E-state index in [9.17, 15) is 0 Å². The van der Waals surface area contributed by atoms with Crippen LogP contribution in [0.4, 0.5) is 5.69 Å². The van der Waals surface area contributed by atoms with Crippen molar-refractivity contribution in [1.82, 2.24) is 0 Å². The summed E-state index contributed by atoms with van der Waals surface area (Å²) in [5.41, 5.74) is 9.51. The van der Waals surface area contributed by atoms with E-state index in [1.165, 1.54) is 12.0 Å². The first-order chi connectivity index (χ1) is 6.70. The van der Waals surface area contributed by atoms with E-state index in [-0.39, 0.29) is 0 Å². The standard InChI is InChI=1S/C12H16N2/c1-3-4-5-10-6-7-11(8-13)9(2)12(10)14/h6-7H,3-5,14H2,1-2H3. The Balaban J connectivity index is 3.00. The summed E-state index contributed by atoms with van der Waals surface area (Å²) in [5.74, 6) is 0. The van der Waals surface area contributed by atoms with E-state index < -0.39 is 0 Å². The molecule has 0 saturated carbocycles. The number of benzene rings is 1. The van der Waals surface area contributed by atoms with Gasteiger partial charge in [-0.05, 0) is 37.0 Å². The van der Waals surface area contributed by atoms with Gasteiger partial charge in [0, 0.05) is 5.69 Å². The first-order valence-electron chi connectivity index (χ1n) is 4.98. The van der Waals surface area contributed by atoms with E-state index in [0.717, 1.165) is 24.1 Å². The van der Waals surface area contributed by atoms with Gasteiger partial charge in [-0.1, -0.05) is 19.4 Å². The van der Waals surface area contributed by atoms with Crippen molar-refractivity contribution in [3.05, 3.63) is 28.8 Å². The Labute approximate surface area is 85.4 Å². The number of nitrogen functional groups attached to an aromatic ring is 1. The second kappa shape index (κ2) is 4.66. The lowest BCUT2D eigenvalue weighted by atomic mass is 9.99. The molecule has 0 aliphatic heterocycles. The van der Waals surface area contributed by atoms with Crippen LogP contribution in [-0.4, -0.2) is 0 Å². The van der Waals surface area contributed by atoms with Crippen molar-refractivity contribution < 1.29 is 0 Å². The number of anilines is 1. The molecule has 1 rings (SSSR count). The van der Waals surface area contributed by atoms with Crippen LogP contribution in [-0.2, 0) is 6.42 Å². The highest BCUT2D eigenvalue weighted by Gasteiger charge is 2.05. The van der Waals surface area contributed by atoms with Crippen LogP contribution in [0, 0.1) is 18.3 Å². The number of hydrogen-bond donors (Lipinski definition) is 1. The zero-order valence-corrected chi connectivity index (χ0v) is 8.80. The van der Waals surface area contributed by atoms with Gasteiger partial charge in [-0.25, -0.2) is 0 Å². The lowest BCUT2D eigenvalue weighted by Gasteiger charge is -2.08. The van der Waals surface area contributed by atoms with Crippen LogP contribution in [0.1, 0.15) is 36.5 Å². The second-order valence-electron chi connectivity index (χ2n) is 3.53. The third-order valence-electron chi connectivity index (χ3n) is 2.53. The normalized spacial score (nSPS) is 9.79. The van der Waals surface area contributed by atoms with Gasteiger partial charge < -0.3 is 5.73 Å². The minimum atomic E-state index is 0.683. The van der Waals surface area contributed by atoms with E-state index in [1.54, 1.807) is 0 Å². The topological polar surface area (TPSA) is 49.8 Å². The molecule has 0 saturated heterocycles. The highest BCUT2D eigenvalue weighted by molar-refractivity contribution is 5.59. The largest absolute Gasteiger partial charge is 0.398 e. The van der Waals surface area contributed by atoms with E-state index in [1.807, 2.05) is 19.1 Å². The van der Waals surface area contributed by atoms with Crippen LogP contribution in [0.2, 0.25) is 0 Å². The maximum atomic E-state index is 8.80. The van der Waals surface area contributed by atoms with Crippen LogP contribution in [0.5, 0.6) is 0 Å². The first-order valence-corrected chi connectivity index (χ1v) is 4.98. The highest BCUT2D eigenvalue weighted by Crippen LogP contribution is 2.21. The molecule has 0 heterocycles. The van der Waals surface area contributed by atoms with Gasteiger partial charge in [0.1, 0.15) is 0 Å². The lowest BCUT2D eigenvalue weighted by Crippen LogP contribution is -1.99. The van der Waals surface area contributed by atoms with Crippen molar-refractivity contribution in [2.24, 2.45) is 0 Å². The van der Waals surface area contributed by atoms with E-state index >= 15 is 0 Å². The molecule has 0 aromatic heterocycles. The van der Waals surface area contributed by atoms with E-state index in [4.69, 9.17) is 11.0 Å². The van der Waals surface area contributed by atoms with E-state index in [2.05, 4.69) is 13.0 Å². The number of nitrogens with zero attached hydrogens (tertiary/aromatic N) is 1. The van der Waals surface area contributed by atoms with Crippen molar-refractivity contribution in [1.29, 1.82) is 5.26 Å². The van der Waals surface area contributed by atoms with Crippen molar-refractivity contribution in [3.63, 3.8) is 0 Å². The van der Waals surface area contributed by atoms with Gasteiger partial charge in [0.25, 0.3) is 0 Å². The van der Waals surface area contributed by atoms with Gasteiger partial charge in [0.2, 0.25) is 0 Å². The quantitative estimate of drug-likeness (QED) is 0.741. The summed E-state index contributed by atoms with van der Waals surface area (Å²) in [6.45, 7) is 4.07. The first kappa shape index (κ1) is 10.6. The molecule has 1 aromatic carbocycles. The van der Waals surface area contributed by atoms with Crippen LogP contribution >= 0.6 is 0 Å². The minimum absolute atomic E-state index is 0.683. The molecule has 1 aromatic rings. The Hall–Kier alpha value is -1.49. The SMILES string of the molecule is CCCCc1ccc(C#N)c(C)c1N. The summed E-state index contributed by atoms with van der Waals surface area (Å²) < 4.78 is 0. The monoisotopic (exact) mass is 188 g/mol. The van der Waals surface area contributed by atoms with Crippen molar-refractivity contribution in [2.45, 2.75) is 33.1 Å². The Morgan fingerprint density at radius 1 is 1.43 bits per heavy atom. The Bertz CT molecular complexity index is 361. The zero-order valence-electron chi connectivity index (χ0n) is 8.80. The smallest absolute Gasteiger partial charge is 0.0995 e. The maximum Gasteiger partial charge on any atom is 0.0995 e. The number of hydrogen-bond acceptors (Lipinski definition) is 2. The van der Waals surface area contributed by atoms with Crippen molar-refractivity contribution in [2.75, 3.05) is 5.73 Å². The predicted molar refractivity (Wildman–Crippen MR) is 58.9 cm³/mol. The number of rotatable bonds is 3. The fourth-order valence-electron chi connectivity index (χ4n) is 1.49. The molecule has 14 heavy (non-hydrogen) atoms. The molecule has 0 fully saturated rings. The van der Waals surface area contributed by atoms with Gasteiger partial charge in [-0.2, -0.15) is 5.26 Å². The molecule has 0 radical (unpaired) electrons. The molecular formula is C12H16N2. The van der Waals surface area contributed by atoms with Gasteiger partial charge >= 0.3 is 0 Å². The second-order valence-corrected chi connectivity index (χ2v) is 3.53. The minimum Gasteiger partial charge on any atom is -0.398 e. The third-order valence-corrected chi connectivity index (χ3v) is 2.53. The molecule has 74 valence electrons. The lowest BCUT2D eigenvalue weighted by molar-refractivity contribution is 0.796. The van der Waals surface area contributed by atoms with Crippen LogP contribution in [0.15, 0.2) is 12.1 Å². The molecule has 2 heteroatoms. The van der Waals surface area contributed by atoms with E-state index in [0.29, 0.717) is 5.56 Å². The average molecular weight is 188 g/mol. The third kappa shape index (κ3) is 2.05. The van der Waals surface area contributed by atoms with Gasteiger partial charge in [0.05, 0.1) is 11.6 Å². The van der Waals surface area contributed by atoms with Crippen LogP contribution in [0.3, 0.4) is 0 Å². The van der Waals surface area contributed by atoms with Gasteiger partial charge in [-0.15, -0.1) is 0 Å². The molecule has 0 atom stereocenters. The molecule has 0 spiro atoms. The summed E-state index contributed by atoms with van der Waals surface area (Å²) in [4.78, 5) is 0. The Kier molecular flexibility index (Phi) is 3.53. The molecule has 0 aliphatic rings.